The van der Waals surface area contributed by atoms with Gasteiger partial charge < -0.3 is 4.90 Å². The van der Waals surface area contributed by atoms with Crippen molar-refractivity contribution in [1.29, 1.82) is 5.26 Å². The zero-order chi connectivity index (χ0) is 21.1. The zero-order valence-corrected chi connectivity index (χ0v) is 18.0. The summed E-state index contributed by atoms with van der Waals surface area (Å²) in [4.78, 5) is 31.7. The van der Waals surface area contributed by atoms with Crippen molar-refractivity contribution < 1.29 is 13.8 Å². The first-order chi connectivity index (χ1) is 13.0. The second-order valence-corrected chi connectivity index (χ2v) is 9.50. The summed E-state index contributed by atoms with van der Waals surface area (Å²) >= 11 is 1.27. The highest BCUT2D eigenvalue weighted by atomic mass is 32.2. The van der Waals surface area contributed by atoms with Crippen molar-refractivity contribution in [3.63, 3.8) is 0 Å². The summed E-state index contributed by atoms with van der Waals surface area (Å²) in [5.41, 5.74) is 0.830. The first-order valence-electron chi connectivity index (χ1n) is 8.45. The van der Waals surface area contributed by atoms with E-state index in [1.165, 1.54) is 17.6 Å². The van der Waals surface area contributed by atoms with Crippen LogP contribution >= 0.6 is 11.3 Å². The largest absolute Gasteiger partial charge is 0.310 e. The third kappa shape index (κ3) is 5.24. The summed E-state index contributed by atoms with van der Waals surface area (Å²) in [6.45, 7) is 7.35. The van der Waals surface area contributed by atoms with Crippen LogP contribution in [-0.2, 0) is 15.8 Å². The highest BCUT2D eigenvalue weighted by Gasteiger charge is 2.27. The number of carbonyl (C=O) groups is 2. The SMILES string of the molecule is Cc1sc(N(CC(=O)C(C)(C)C)c2ccc(C#N)cc2)nc1C(=O)NS(C)=O. The number of nitrogens with zero attached hydrogens (tertiary/aromatic N) is 3. The summed E-state index contributed by atoms with van der Waals surface area (Å²) in [5.74, 6) is -0.520. The fraction of sp³-hybridized carbons (Fsp3) is 0.368. The molecule has 2 aromatic rings. The van der Waals surface area contributed by atoms with E-state index in [0.717, 1.165) is 0 Å². The summed E-state index contributed by atoms with van der Waals surface area (Å²) in [5, 5.41) is 9.49. The fourth-order valence-corrected chi connectivity index (χ4v) is 3.54. The molecule has 1 unspecified atom stereocenters. The third-order valence-electron chi connectivity index (χ3n) is 3.91. The van der Waals surface area contributed by atoms with Crippen LogP contribution in [0.2, 0.25) is 0 Å². The van der Waals surface area contributed by atoms with Crippen molar-refractivity contribution in [3.8, 4) is 6.07 Å². The number of benzene rings is 1. The number of carbonyl (C=O) groups excluding carboxylic acids is 2. The normalized spacial score (nSPS) is 12.1. The minimum atomic E-state index is -1.50. The number of thiazole rings is 1. The van der Waals surface area contributed by atoms with Gasteiger partial charge in [0.15, 0.2) is 10.9 Å². The molecule has 1 amide bonds. The Bertz CT molecular complexity index is 953. The van der Waals surface area contributed by atoms with Gasteiger partial charge in [-0.15, -0.1) is 11.3 Å². The smallest absolute Gasteiger partial charge is 0.282 e. The van der Waals surface area contributed by atoms with Crippen molar-refractivity contribution in [2.75, 3.05) is 17.7 Å². The van der Waals surface area contributed by atoms with Crippen molar-refractivity contribution in [2.45, 2.75) is 27.7 Å². The Balaban J connectivity index is 2.46. The molecule has 0 aliphatic rings. The topological polar surface area (TPSA) is 103 Å². The van der Waals surface area contributed by atoms with E-state index in [4.69, 9.17) is 5.26 Å². The van der Waals surface area contributed by atoms with Gasteiger partial charge in [-0.25, -0.2) is 9.19 Å². The van der Waals surface area contributed by atoms with E-state index in [9.17, 15) is 13.8 Å². The van der Waals surface area contributed by atoms with Gasteiger partial charge >= 0.3 is 0 Å². The number of ketones is 1. The predicted molar refractivity (Wildman–Crippen MR) is 111 cm³/mol. The summed E-state index contributed by atoms with van der Waals surface area (Å²) in [7, 11) is -1.50. The van der Waals surface area contributed by atoms with Crippen LogP contribution in [0.1, 0.15) is 41.7 Å². The van der Waals surface area contributed by atoms with Gasteiger partial charge in [0.25, 0.3) is 5.91 Å². The average Bonchev–Trinajstić information content (AvgIpc) is 2.99. The summed E-state index contributed by atoms with van der Waals surface area (Å²) < 4.78 is 13.6. The highest BCUT2D eigenvalue weighted by molar-refractivity contribution is 7.82. The maximum Gasteiger partial charge on any atom is 0.282 e. The van der Waals surface area contributed by atoms with E-state index in [2.05, 4.69) is 15.8 Å². The van der Waals surface area contributed by atoms with Crippen LogP contribution in [0.5, 0.6) is 0 Å². The van der Waals surface area contributed by atoms with E-state index < -0.39 is 22.3 Å². The van der Waals surface area contributed by atoms with Gasteiger partial charge in [0.05, 0.1) is 18.2 Å². The zero-order valence-electron chi connectivity index (χ0n) is 16.4. The molecule has 0 fully saturated rings. The number of hydrogen-bond acceptors (Lipinski definition) is 7. The lowest BCUT2D eigenvalue weighted by Crippen LogP contribution is -2.33. The van der Waals surface area contributed by atoms with Gasteiger partial charge in [0.1, 0.15) is 16.7 Å². The van der Waals surface area contributed by atoms with Crippen molar-refractivity contribution in [3.05, 3.63) is 40.4 Å². The lowest BCUT2D eigenvalue weighted by Gasteiger charge is -2.25. The van der Waals surface area contributed by atoms with Crippen LogP contribution in [0.3, 0.4) is 0 Å². The molecular formula is C19H22N4O3S2. The maximum atomic E-state index is 12.7. The van der Waals surface area contributed by atoms with E-state index in [-0.39, 0.29) is 18.0 Å². The maximum absolute atomic E-state index is 12.7. The molecule has 1 heterocycles. The second kappa shape index (κ2) is 8.63. The average molecular weight is 419 g/mol. The minimum absolute atomic E-state index is 0.00498. The van der Waals surface area contributed by atoms with Crippen LogP contribution in [0, 0.1) is 23.7 Å². The Morgan fingerprint density at radius 3 is 2.39 bits per heavy atom. The number of nitrogens with one attached hydrogen (secondary N) is 1. The van der Waals surface area contributed by atoms with Gasteiger partial charge in [0.2, 0.25) is 0 Å². The lowest BCUT2D eigenvalue weighted by atomic mass is 9.90. The van der Waals surface area contributed by atoms with E-state index in [1.807, 2.05) is 20.8 Å². The molecule has 28 heavy (non-hydrogen) atoms. The van der Waals surface area contributed by atoms with Gasteiger partial charge in [-0.3, -0.25) is 14.3 Å². The van der Waals surface area contributed by atoms with Gasteiger partial charge in [0, 0.05) is 22.2 Å². The van der Waals surface area contributed by atoms with Crippen molar-refractivity contribution in [1.82, 2.24) is 9.71 Å². The molecule has 0 aliphatic heterocycles. The van der Waals surface area contributed by atoms with Gasteiger partial charge in [-0.1, -0.05) is 20.8 Å². The first-order valence-corrected chi connectivity index (χ1v) is 10.8. The molecule has 1 aromatic heterocycles. The Hall–Kier alpha value is -2.57. The Morgan fingerprint density at radius 1 is 1.29 bits per heavy atom. The third-order valence-corrected chi connectivity index (χ3v) is 5.38. The molecule has 0 saturated carbocycles. The first kappa shape index (κ1) is 21.7. The van der Waals surface area contributed by atoms with Crippen LogP contribution in [0.15, 0.2) is 24.3 Å². The molecular weight excluding hydrogens is 396 g/mol. The molecule has 0 bridgehead atoms. The molecule has 0 aliphatic carbocycles. The number of aryl methyl sites for hydroxylation is 1. The highest BCUT2D eigenvalue weighted by Crippen LogP contribution is 2.32. The molecule has 2 rings (SSSR count). The molecule has 1 aromatic carbocycles. The number of amides is 1. The molecule has 0 spiro atoms. The standard InChI is InChI=1S/C19H22N4O3S2/c1-12-16(17(25)22-28(5)26)21-18(27-12)23(11-15(24)19(2,3)4)14-8-6-13(10-20)7-9-14/h6-9H,11H2,1-5H3,(H,22,25). The van der Waals surface area contributed by atoms with Crippen LogP contribution in [0.25, 0.3) is 0 Å². The Morgan fingerprint density at radius 2 is 1.89 bits per heavy atom. The van der Waals surface area contributed by atoms with Crippen molar-refractivity contribution >= 4 is 44.8 Å². The number of nitriles is 1. The molecule has 7 nitrogen and oxygen atoms in total. The summed E-state index contributed by atoms with van der Waals surface area (Å²) in [6.07, 6.45) is 1.37. The predicted octanol–water partition coefficient (Wildman–Crippen LogP) is 3.10. The van der Waals surface area contributed by atoms with E-state index in [0.29, 0.717) is 21.3 Å². The molecule has 1 atom stereocenters. The molecule has 0 saturated heterocycles. The van der Waals surface area contributed by atoms with E-state index >= 15 is 0 Å². The van der Waals surface area contributed by atoms with Crippen LogP contribution < -0.4 is 9.62 Å². The lowest BCUT2D eigenvalue weighted by molar-refractivity contribution is -0.124. The monoisotopic (exact) mass is 418 g/mol. The molecule has 148 valence electrons. The van der Waals surface area contributed by atoms with Gasteiger partial charge in [-0.05, 0) is 31.2 Å². The molecule has 1 N–H and O–H groups in total. The molecule has 0 radical (unpaired) electrons. The second-order valence-electron chi connectivity index (χ2n) is 7.20. The van der Waals surface area contributed by atoms with Gasteiger partial charge in [-0.2, -0.15) is 5.26 Å². The minimum Gasteiger partial charge on any atom is -0.310 e. The number of anilines is 2. The number of aromatic nitrogens is 1. The Kier molecular flexibility index (Phi) is 6.69. The van der Waals surface area contributed by atoms with Crippen LogP contribution in [-0.4, -0.2) is 33.7 Å². The quantitative estimate of drug-likeness (QED) is 0.773. The molecule has 9 heteroatoms. The number of hydrogen-bond donors (Lipinski definition) is 1. The number of rotatable bonds is 6. The van der Waals surface area contributed by atoms with E-state index in [1.54, 1.807) is 36.1 Å². The van der Waals surface area contributed by atoms with Crippen molar-refractivity contribution in [2.24, 2.45) is 5.41 Å². The Labute approximate surface area is 171 Å². The van der Waals surface area contributed by atoms with Crippen LogP contribution in [0.4, 0.5) is 10.8 Å². The fourth-order valence-electron chi connectivity index (χ4n) is 2.25. The summed E-state index contributed by atoms with van der Waals surface area (Å²) in [6, 6.07) is 8.88. The number of Topliss-reactive ketones (excluding diaryl/α,β-unsaturated/α-hetero) is 1.